The van der Waals surface area contributed by atoms with Gasteiger partial charge in [0.05, 0.1) is 12.3 Å². The van der Waals surface area contributed by atoms with Crippen LogP contribution in [-0.4, -0.2) is 31.4 Å². The van der Waals surface area contributed by atoms with Crippen molar-refractivity contribution in [3.8, 4) is 11.5 Å². The highest BCUT2D eigenvalue weighted by Crippen LogP contribution is 2.43. The van der Waals surface area contributed by atoms with Crippen LogP contribution in [0.25, 0.3) is 0 Å². The van der Waals surface area contributed by atoms with Crippen LogP contribution in [0.4, 0.5) is 5.69 Å². The van der Waals surface area contributed by atoms with Crippen molar-refractivity contribution in [3.05, 3.63) is 30.4 Å². The molecule has 0 radical (unpaired) electrons. The molecule has 5 heteroatoms. The molecular formula is C18H23NO4. The molecule has 1 heterocycles. The smallest absolute Gasteiger partial charge is 0.268 e. The maximum absolute atomic E-state index is 12.7. The van der Waals surface area contributed by atoms with E-state index in [1.54, 1.807) is 23.1 Å². The van der Waals surface area contributed by atoms with Crippen LogP contribution >= 0.6 is 0 Å². The number of benzene rings is 1. The van der Waals surface area contributed by atoms with Crippen molar-refractivity contribution in [1.29, 1.82) is 0 Å². The molecule has 1 unspecified atom stereocenters. The number of ether oxygens (including phenoxy) is 2. The minimum Gasteiger partial charge on any atom is -0.490 e. The lowest BCUT2D eigenvalue weighted by atomic mass is 10.0. The third-order valence-corrected chi connectivity index (χ3v) is 3.62. The lowest BCUT2D eigenvalue weighted by molar-refractivity contribution is -0.128. The maximum atomic E-state index is 12.7. The normalized spacial score (nSPS) is 16.8. The molecule has 1 aromatic carbocycles. The highest BCUT2D eigenvalue weighted by Gasteiger charge is 2.37. The van der Waals surface area contributed by atoms with Gasteiger partial charge >= 0.3 is 0 Å². The zero-order chi connectivity index (χ0) is 17.0. The van der Waals surface area contributed by atoms with Crippen LogP contribution in [0.1, 0.15) is 37.6 Å². The van der Waals surface area contributed by atoms with Gasteiger partial charge in [0.25, 0.3) is 5.91 Å². The summed E-state index contributed by atoms with van der Waals surface area (Å²) in [6, 6.07) is 3.31. The number of nitrogens with zero attached hydrogens (tertiary/aromatic N) is 1. The number of carbonyl (C=O) groups is 2. The fraction of sp³-hybridized carbons (Fsp3) is 0.444. The number of rotatable bonds is 7. The lowest BCUT2D eigenvalue weighted by Gasteiger charge is -2.36. The van der Waals surface area contributed by atoms with E-state index >= 15 is 0 Å². The molecule has 1 aromatic rings. The van der Waals surface area contributed by atoms with Gasteiger partial charge < -0.3 is 14.4 Å². The van der Waals surface area contributed by atoms with Crippen molar-refractivity contribution in [2.45, 2.75) is 33.3 Å². The number of amides is 1. The zero-order valence-electron chi connectivity index (χ0n) is 13.9. The number of fused-ring (bicyclic) bond motifs is 1. The summed E-state index contributed by atoms with van der Waals surface area (Å²) in [5.41, 5.74) is 1.01. The number of aldehydes is 1. The molecular weight excluding hydrogens is 294 g/mol. The van der Waals surface area contributed by atoms with Gasteiger partial charge in [0.1, 0.15) is 6.29 Å². The Morgan fingerprint density at radius 2 is 2.17 bits per heavy atom. The molecule has 23 heavy (non-hydrogen) atoms. The van der Waals surface area contributed by atoms with Gasteiger partial charge in [-0.05, 0) is 24.5 Å². The third kappa shape index (κ3) is 3.38. The Morgan fingerprint density at radius 3 is 2.74 bits per heavy atom. The van der Waals surface area contributed by atoms with E-state index in [0.29, 0.717) is 35.9 Å². The predicted molar refractivity (Wildman–Crippen MR) is 89.4 cm³/mol. The third-order valence-electron chi connectivity index (χ3n) is 3.62. The molecule has 0 N–H and O–H groups in total. The van der Waals surface area contributed by atoms with Crippen LogP contribution in [0.15, 0.2) is 24.8 Å². The molecule has 1 atom stereocenters. The van der Waals surface area contributed by atoms with E-state index in [9.17, 15) is 9.59 Å². The summed E-state index contributed by atoms with van der Waals surface area (Å²) in [4.78, 5) is 25.5. The highest BCUT2D eigenvalue weighted by molar-refractivity contribution is 6.02. The fourth-order valence-electron chi connectivity index (χ4n) is 2.50. The Kier molecular flexibility index (Phi) is 5.42. The molecule has 0 bridgehead atoms. The lowest BCUT2D eigenvalue weighted by Crippen LogP contribution is -2.48. The van der Waals surface area contributed by atoms with Crippen LogP contribution in [0.5, 0.6) is 11.5 Å². The quantitative estimate of drug-likeness (QED) is 0.572. The second-order valence-corrected chi connectivity index (χ2v) is 5.85. The van der Waals surface area contributed by atoms with Gasteiger partial charge in [0.15, 0.2) is 17.6 Å². The van der Waals surface area contributed by atoms with Gasteiger partial charge in [-0.2, -0.15) is 0 Å². The summed E-state index contributed by atoms with van der Waals surface area (Å²) in [7, 11) is 0. The first-order valence-electron chi connectivity index (χ1n) is 7.88. The van der Waals surface area contributed by atoms with E-state index in [1.807, 2.05) is 20.8 Å². The van der Waals surface area contributed by atoms with Crippen LogP contribution < -0.4 is 14.4 Å². The van der Waals surface area contributed by atoms with Crippen LogP contribution in [0, 0.1) is 5.92 Å². The van der Waals surface area contributed by atoms with E-state index < -0.39 is 6.10 Å². The molecule has 0 fully saturated rings. The molecule has 2 rings (SSSR count). The zero-order valence-corrected chi connectivity index (χ0v) is 13.9. The van der Waals surface area contributed by atoms with E-state index in [4.69, 9.17) is 9.47 Å². The van der Waals surface area contributed by atoms with Crippen molar-refractivity contribution in [1.82, 2.24) is 0 Å². The SMILES string of the molecule is C=CCN1C(=O)C(C(C)C)Oc2c(OCCC)cc(C=O)cc21. The van der Waals surface area contributed by atoms with E-state index in [0.717, 1.165) is 12.7 Å². The van der Waals surface area contributed by atoms with Crippen LogP contribution in [-0.2, 0) is 4.79 Å². The van der Waals surface area contributed by atoms with Crippen LogP contribution in [0.3, 0.4) is 0 Å². The second-order valence-electron chi connectivity index (χ2n) is 5.85. The predicted octanol–water partition coefficient (Wildman–Crippen LogP) is 3.22. The molecule has 0 saturated heterocycles. The minimum atomic E-state index is -0.575. The molecule has 1 aliphatic heterocycles. The summed E-state index contributed by atoms with van der Waals surface area (Å²) >= 11 is 0. The molecule has 5 nitrogen and oxygen atoms in total. The van der Waals surface area contributed by atoms with Gasteiger partial charge in [-0.1, -0.05) is 26.8 Å². The molecule has 0 aromatic heterocycles. The Morgan fingerprint density at radius 1 is 1.43 bits per heavy atom. The molecule has 0 aliphatic carbocycles. The van der Waals surface area contributed by atoms with Crippen LogP contribution in [0.2, 0.25) is 0 Å². The van der Waals surface area contributed by atoms with Gasteiger partial charge in [0.2, 0.25) is 0 Å². The monoisotopic (exact) mass is 317 g/mol. The number of carbonyl (C=O) groups excluding carboxylic acids is 2. The van der Waals surface area contributed by atoms with Gasteiger partial charge in [0, 0.05) is 12.1 Å². The minimum absolute atomic E-state index is 0.0211. The van der Waals surface area contributed by atoms with Crippen molar-refractivity contribution >= 4 is 17.9 Å². The van der Waals surface area contributed by atoms with Crippen molar-refractivity contribution in [3.63, 3.8) is 0 Å². The van der Waals surface area contributed by atoms with E-state index in [2.05, 4.69) is 6.58 Å². The summed E-state index contributed by atoms with van der Waals surface area (Å²) in [5.74, 6) is 0.910. The van der Waals surface area contributed by atoms with E-state index in [-0.39, 0.29) is 11.8 Å². The average Bonchev–Trinajstić information content (AvgIpc) is 2.54. The summed E-state index contributed by atoms with van der Waals surface area (Å²) in [6.07, 6.45) is 2.66. The first-order valence-corrected chi connectivity index (χ1v) is 7.88. The first kappa shape index (κ1) is 17.1. The van der Waals surface area contributed by atoms with Crippen molar-refractivity contribution in [2.75, 3.05) is 18.1 Å². The highest BCUT2D eigenvalue weighted by atomic mass is 16.5. The fourth-order valence-corrected chi connectivity index (χ4v) is 2.50. The Hall–Kier alpha value is -2.30. The Labute approximate surface area is 136 Å². The largest absolute Gasteiger partial charge is 0.490 e. The summed E-state index contributed by atoms with van der Waals surface area (Å²) < 4.78 is 11.7. The van der Waals surface area contributed by atoms with Gasteiger partial charge in [-0.25, -0.2) is 0 Å². The Bertz CT molecular complexity index is 609. The summed E-state index contributed by atoms with van der Waals surface area (Å²) in [6.45, 7) is 10.5. The Balaban J connectivity index is 2.57. The number of hydrogen-bond acceptors (Lipinski definition) is 4. The van der Waals surface area contributed by atoms with Gasteiger partial charge in [-0.3, -0.25) is 9.59 Å². The average molecular weight is 317 g/mol. The number of hydrogen-bond donors (Lipinski definition) is 0. The topological polar surface area (TPSA) is 55.8 Å². The standard InChI is InChI=1S/C18H23NO4/c1-5-7-19-14-9-13(11-20)10-15(22-8-6-2)17(14)23-16(12(3)4)18(19)21/h5,9-12,16H,1,6-8H2,2-4H3. The first-order chi connectivity index (χ1) is 11.0. The molecule has 0 spiro atoms. The summed E-state index contributed by atoms with van der Waals surface area (Å²) in [5, 5.41) is 0. The van der Waals surface area contributed by atoms with Gasteiger partial charge in [-0.15, -0.1) is 6.58 Å². The number of anilines is 1. The van der Waals surface area contributed by atoms with Crippen molar-refractivity contribution < 1.29 is 19.1 Å². The molecule has 1 amide bonds. The maximum Gasteiger partial charge on any atom is 0.268 e. The van der Waals surface area contributed by atoms with Crippen molar-refractivity contribution in [2.24, 2.45) is 5.92 Å². The molecule has 1 aliphatic rings. The second kappa shape index (κ2) is 7.31. The molecule has 0 saturated carbocycles. The molecule has 124 valence electrons. The van der Waals surface area contributed by atoms with E-state index in [1.165, 1.54) is 0 Å².